The average Bonchev–Trinajstić information content (AvgIpc) is 2.81. The molecule has 2 aromatic heterocycles. The number of nitrogens with zero attached hydrogens (tertiary/aromatic N) is 2. The van der Waals surface area contributed by atoms with E-state index >= 15 is 0 Å². The molecule has 2 rings (SSSR count). The summed E-state index contributed by atoms with van der Waals surface area (Å²) in [5.74, 6) is 0.155. The Bertz CT molecular complexity index is 489. The van der Waals surface area contributed by atoms with Crippen LogP contribution in [0.2, 0.25) is 0 Å². The predicted octanol–water partition coefficient (Wildman–Crippen LogP) is 3.66. The summed E-state index contributed by atoms with van der Waals surface area (Å²) in [6, 6.07) is 1.39. The van der Waals surface area contributed by atoms with Crippen molar-refractivity contribution in [2.45, 2.75) is 12.8 Å². The molecule has 0 amide bonds. The van der Waals surface area contributed by atoms with Crippen molar-refractivity contribution in [3.05, 3.63) is 39.1 Å². The van der Waals surface area contributed by atoms with Crippen molar-refractivity contribution < 1.29 is 4.39 Å². The number of hydrogen-bond donors (Lipinski definition) is 1. The Morgan fingerprint density at radius 1 is 1.53 bits per heavy atom. The van der Waals surface area contributed by atoms with Crippen molar-refractivity contribution in [1.82, 2.24) is 9.97 Å². The minimum atomic E-state index is -0.356. The molecule has 0 aliphatic carbocycles. The van der Waals surface area contributed by atoms with Crippen LogP contribution in [0, 0.1) is 5.82 Å². The van der Waals surface area contributed by atoms with Gasteiger partial charge >= 0.3 is 0 Å². The maximum Gasteiger partial charge on any atom is 0.166 e. The van der Waals surface area contributed by atoms with Gasteiger partial charge in [-0.3, -0.25) is 0 Å². The fraction of sp³-hybridized carbons (Fsp3) is 0.273. The van der Waals surface area contributed by atoms with Gasteiger partial charge in [-0.1, -0.05) is 6.92 Å². The lowest BCUT2D eigenvalue weighted by Crippen LogP contribution is -2.11. The van der Waals surface area contributed by atoms with Gasteiger partial charge in [-0.05, 0) is 22.0 Å². The highest BCUT2D eigenvalue weighted by Crippen LogP contribution is 2.20. The van der Waals surface area contributed by atoms with Crippen LogP contribution in [0.3, 0.4) is 0 Å². The quantitative estimate of drug-likeness (QED) is 0.935. The van der Waals surface area contributed by atoms with Crippen LogP contribution < -0.4 is 5.32 Å². The molecule has 0 saturated heterocycles. The third-order valence-corrected chi connectivity index (χ3v) is 3.70. The summed E-state index contributed by atoms with van der Waals surface area (Å²) >= 11 is 4.77. The van der Waals surface area contributed by atoms with Crippen molar-refractivity contribution >= 4 is 33.1 Å². The second-order valence-electron chi connectivity index (χ2n) is 3.64. The first-order valence-electron chi connectivity index (χ1n) is 5.11. The van der Waals surface area contributed by atoms with Crippen LogP contribution >= 0.6 is 27.3 Å². The molecule has 1 N–H and O–H groups in total. The van der Waals surface area contributed by atoms with E-state index in [2.05, 4.69) is 31.2 Å². The largest absolute Gasteiger partial charge is 0.367 e. The van der Waals surface area contributed by atoms with Crippen LogP contribution in [-0.4, -0.2) is 16.5 Å². The molecule has 90 valence electrons. The standard InChI is InChI=1S/C11H11BrFN3S/c1-7(11-14-2-3-17-11)5-15-10-9(13)4-8(12)6-16-10/h2-4,6-7H,5H2,1H3,(H,15,16). The Labute approximate surface area is 111 Å². The number of nitrogens with one attached hydrogen (secondary N) is 1. The fourth-order valence-corrected chi connectivity index (χ4v) is 2.36. The Kier molecular flexibility index (Phi) is 4.06. The van der Waals surface area contributed by atoms with E-state index in [0.29, 0.717) is 11.0 Å². The van der Waals surface area contributed by atoms with Crippen molar-refractivity contribution in [2.24, 2.45) is 0 Å². The molecule has 6 heteroatoms. The molecule has 1 unspecified atom stereocenters. The maximum atomic E-state index is 13.5. The maximum absolute atomic E-state index is 13.5. The lowest BCUT2D eigenvalue weighted by molar-refractivity contribution is 0.621. The smallest absolute Gasteiger partial charge is 0.166 e. The second-order valence-corrected chi connectivity index (χ2v) is 5.48. The third kappa shape index (κ3) is 3.23. The molecule has 1 atom stereocenters. The molecular weight excluding hydrogens is 305 g/mol. The van der Waals surface area contributed by atoms with Crippen LogP contribution in [0.5, 0.6) is 0 Å². The SMILES string of the molecule is CC(CNc1ncc(Br)cc1F)c1nccs1. The van der Waals surface area contributed by atoms with Gasteiger partial charge in [0.1, 0.15) is 0 Å². The van der Waals surface area contributed by atoms with E-state index in [1.807, 2.05) is 12.3 Å². The minimum Gasteiger partial charge on any atom is -0.367 e. The first-order valence-corrected chi connectivity index (χ1v) is 6.78. The highest BCUT2D eigenvalue weighted by atomic mass is 79.9. The Morgan fingerprint density at radius 3 is 3.00 bits per heavy atom. The number of rotatable bonds is 4. The average molecular weight is 316 g/mol. The number of thiazole rings is 1. The molecule has 3 nitrogen and oxygen atoms in total. The van der Waals surface area contributed by atoms with E-state index in [4.69, 9.17) is 0 Å². The van der Waals surface area contributed by atoms with E-state index in [0.717, 1.165) is 5.01 Å². The van der Waals surface area contributed by atoms with Gasteiger partial charge in [0.25, 0.3) is 0 Å². The van der Waals surface area contributed by atoms with Gasteiger partial charge in [0.05, 0.1) is 5.01 Å². The molecule has 0 bridgehead atoms. The monoisotopic (exact) mass is 315 g/mol. The first kappa shape index (κ1) is 12.4. The zero-order valence-corrected chi connectivity index (χ0v) is 11.6. The number of aromatic nitrogens is 2. The van der Waals surface area contributed by atoms with Gasteiger partial charge in [-0.2, -0.15) is 0 Å². The van der Waals surface area contributed by atoms with Gasteiger partial charge in [-0.15, -0.1) is 11.3 Å². The summed E-state index contributed by atoms with van der Waals surface area (Å²) < 4.78 is 14.1. The number of anilines is 1. The van der Waals surface area contributed by atoms with Crippen LogP contribution in [0.4, 0.5) is 10.2 Å². The van der Waals surface area contributed by atoms with Gasteiger partial charge in [0.2, 0.25) is 0 Å². The number of halogens is 2. The van der Waals surface area contributed by atoms with Crippen LogP contribution in [0.1, 0.15) is 17.8 Å². The second kappa shape index (κ2) is 5.55. The van der Waals surface area contributed by atoms with Crippen molar-refractivity contribution in [3.63, 3.8) is 0 Å². The summed E-state index contributed by atoms with van der Waals surface area (Å²) in [6.07, 6.45) is 3.34. The minimum absolute atomic E-state index is 0.236. The van der Waals surface area contributed by atoms with E-state index < -0.39 is 0 Å². The molecule has 2 aromatic rings. The van der Waals surface area contributed by atoms with E-state index in [9.17, 15) is 4.39 Å². The Morgan fingerprint density at radius 2 is 2.35 bits per heavy atom. The number of pyridine rings is 1. The van der Waals surface area contributed by atoms with Crippen LogP contribution in [0.15, 0.2) is 28.3 Å². The fourth-order valence-electron chi connectivity index (χ4n) is 1.36. The molecule has 0 aliphatic heterocycles. The molecule has 2 heterocycles. The van der Waals surface area contributed by atoms with E-state index in [-0.39, 0.29) is 17.6 Å². The highest BCUT2D eigenvalue weighted by Gasteiger charge is 2.10. The van der Waals surface area contributed by atoms with E-state index in [1.165, 1.54) is 6.07 Å². The van der Waals surface area contributed by atoms with Gasteiger partial charge in [0.15, 0.2) is 11.6 Å². The van der Waals surface area contributed by atoms with Gasteiger partial charge < -0.3 is 5.32 Å². The molecule has 0 aromatic carbocycles. The van der Waals surface area contributed by atoms with Crippen LogP contribution in [-0.2, 0) is 0 Å². The van der Waals surface area contributed by atoms with Gasteiger partial charge in [0, 0.05) is 34.7 Å². The van der Waals surface area contributed by atoms with Crippen LogP contribution in [0.25, 0.3) is 0 Å². The normalized spacial score (nSPS) is 12.4. The molecule has 0 radical (unpaired) electrons. The Balaban J connectivity index is 1.98. The highest BCUT2D eigenvalue weighted by molar-refractivity contribution is 9.10. The molecule has 0 spiro atoms. The zero-order valence-electron chi connectivity index (χ0n) is 9.15. The molecule has 0 saturated carbocycles. The van der Waals surface area contributed by atoms with Crippen molar-refractivity contribution in [3.8, 4) is 0 Å². The molecular formula is C11H11BrFN3S. The molecule has 0 fully saturated rings. The topological polar surface area (TPSA) is 37.8 Å². The van der Waals surface area contributed by atoms with E-state index in [1.54, 1.807) is 23.7 Å². The van der Waals surface area contributed by atoms with Crippen molar-refractivity contribution in [2.75, 3.05) is 11.9 Å². The third-order valence-electron chi connectivity index (χ3n) is 2.26. The first-order chi connectivity index (χ1) is 8.16. The summed E-state index contributed by atoms with van der Waals surface area (Å²) in [5.41, 5.74) is 0. The molecule has 0 aliphatic rings. The van der Waals surface area contributed by atoms with Crippen molar-refractivity contribution in [1.29, 1.82) is 0 Å². The summed E-state index contributed by atoms with van der Waals surface area (Å²) in [4.78, 5) is 8.20. The summed E-state index contributed by atoms with van der Waals surface area (Å²) in [6.45, 7) is 2.65. The zero-order chi connectivity index (χ0) is 12.3. The predicted molar refractivity (Wildman–Crippen MR) is 70.9 cm³/mol. The summed E-state index contributed by atoms with van der Waals surface area (Å²) in [5, 5.41) is 5.96. The van der Waals surface area contributed by atoms with Gasteiger partial charge in [-0.25, -0.2) is 14.4 Å². The Hall–Kier alpha value is -1.01. The molecule has 17 heavy (non-hydrogen) atoms. The lowest BCUT2D eigenvalue weighted by atomic mass is 10.2. The summed E-state index contributed by atoms with van der Waals surface area (Å²) in [7, 11) is 0. The lowest BCUT2D eigenvalue weighted by Gasteiger charge is -2.11. The number of hydrogen-bond acceptors (Lipinski definition) is 4.